The minimum atomic E-state index is -5.32. The van der Waals surface area contributed by atoms with Crippen LogP contribution in [0.3, 0.4) is 0 Å². The monoisotopic (exact) mass is 981 g/mol. The van der Waals surface area contributed by atoms with Crippen molar-refractivity contribution in [3.05, 3.63) is 0 Å². The average Bonchev–Trinajstić information content (AvgIpc) is 3.24. The molecule has 0 bridgehead atoms. The summed E-state index contributed by atoms with van der Waals surface area (Å²) < 4.78 is 47.5. The number of carbonyl (C=O) groups excluding carboxylic acids is 2. The Morgan fingerprint density at radius 3 is 1.56 bits per heavy atom. The zero-order valence-electron chi connectivity index (χ0n) is 36.1. The molecule has 1 rings (SSSR count). The number of phosphoric acid groups is 2. The van der Waals surface area contributed by atoms with E-state index in [1.165, 1.54) is 51.4 Å². The summed E-state index contributed by atoms with van der Waals surface area (Å²) in [6.07, 6.45) is 6.49. The molecule has 0 amide bonds. The lowest BCUT2D eigenvalue weighted by Crippen LogP contribution is -2.64. The van der Waals surface area contributed by atoms with Crippen LogP contribution in [0.4, 0.5) is 0 Å². The number of terminal acetylenes is 1. The van der Waals surface area contributed by atoms with E-state index in [0.717, 1.165) is 43.9 Å². The largest absolute Gasteiger partial charge is 0.472 e. The van der Waals surface area contributed by atoms with Crippen LogP contribution in [0.5, 0.6) is 0 Å². The van der Waals surface area contributed by atoms with E-state index in [1.807, 2.05) is 6.92 Å². The van der Waals surface area contributed by atoms with Gasteiger partial charge < -0.3 is 49.7 Å². The summed E-state index contributed by atoms with van der Waals surface area (Å²) in [5, 5.41) is 51.9. The van der Waals surface area contributed by atoms with Gasteiger partial charge in [0.2, 0.25) is 5.12 Å². The van der Waals surface area contributed by atoms with Crippen LogP contribution in [0.15, 0.2) is 0 Å². The fraction of sp³-hybridized carbons (Fsp3) is 0.636. The number of esters is 1. The van der Waals surface area contributed by atoms with Crippen molar-refractivity contribution in [2.75, 3.05) is 20.0 Å². The van der Waals surface area contributed by atoms with Gasteiger partial charge in [0.1, 0.15) is 49.5 Å². The molecule has 0 aliphatic heterocycles. The van der Waals surface area contributed by atoms with Crippen molar-refractivity contribution in [2.24, 2.45) is 0 Å². The quantitative estimate of drug-likeness (QED) is 0.0141. The molecule has 1 saturated carbocycles. The molecule has 0 saturated heterocycles. The van der Waals surface area contributed by atoms with Crippen molar-refractivity contribution in [1.29, 1.82) is 0 Å². The molecule has 1 aliphatic carbocycles. The molecule has 1 aliphatic rings. The Kier molecular flexibility index (Phi) is 35.5. The Hall–Kier alpha value is -3.61. The van der Waals surface area contributed by atoms with Crippen molar-refractivity contribution in [3.63, 3.8) is 0 Å². The van der Waals surface area contributed by atoms with Gasteiger partial charge in [-0.1, -0.05) is 90.9 Å². The molecular weight excluding hydrogens is 894 g/mol. The van der Waals surface area contributed by atoms with Crippen LogP contribution >= 0.6 is 27.4 Å². The summed E-state index contributed by atoms with van der Waals surface area (Å²) in [5.74, 6) is 28.5. The van der Waals surface area contributed by atoms with Crippen molar-refractivity contribution in [3.8, 4) is 82.7 Å². The van der Waals surface area contributed by atoms with E-state index in [1.54, 1.807) is 0 Å². The number of aliphatic hydroxyl groups is 5. The first kappa shape index (κ1) is 60.4. The highest BCUT2D eigenvalue weighted by Gasteiger charge is 2.54. The molecule has 64 heavy (non-hydrogen) atoms. The van der Waals surface area contributed by atoms with E-state index in [9.17, 15) is 44.0 Å². The van der Waals surface area contributed by atoms with Crippen LogP contribution in [-0.2, 0) is 41.8 Å². The smallest absolute Gasteiger partial charge is 0.457 e. The summed E-state index contributed by atoms with van der Waals surface area (Å²) in [7, 11) is -10.5. The molecule has 0 radical (unpaired) electrons. The van der Waals surface area contributed by atoms with Gasteiger partial charge in [-0.05, 0) is 89.1 Å². The summed E-state index contributed by atoms with van der Waals surface area (Å²) in [5.41, 5.74) is 0. The number of aliphatic hydroxyl groups excluding tert-OH is 5. The molecular formula is C44H86O17P2S. The molecule has 0 heterocycles. The lowest BCUT2D eigenvalue weighted by atomic mass is 9.85. The van der Waals surface area contributed by atoms with Crippen molar-refractivity contribution in [2.45, 2.75) is 159 Å². The van der Waals surface area contributed by atoms with Crippen LogP contribution in [0.25, 0.3) is 0 Å². The van der Waals surface area contributed by atoms with E-state index in [-0.39, 0.29) is 30.1 Å². The van der Waals surface area contributed by atoms with Crippen molar-refractivity contribution in [1.82, 2.24) is 0 Å². The highest BCUT2D eigenvalue weighted by atomic mass is 32.2. The van der Waals surface area contributed by atoms with Crippen LogP contribution in [0.2, 0.25) is 0 Å². The third-order valence-corrected chi connectivity index (χ3v) is 10.7. The highest BCUT2D eigenvalue weighted by molar-refractivity contribution is 8.17. The zero-order valence-corrected chi connectivity index (χ0v) is 38.7. The average molecular weight is 981 g/mol. The van der Waals surface area contributed by atoms with Crippen molar-refractivity contribution < 1.29 is 101 Å². The standard InChI is InChI=1S/C26H52O16P2.C18H8OS.13H2/c1-2-3-4-5-6-7-8-9-10-11-12-13-14-15-20(28)40-19(16-38-18-27)17-39-44(36,37)42-26-23(31)21(29)22(30)25(24(26)32)41-43(33,34)35;1-3-5-6-7-8-9-10-11-12-13-14-15-17-20-18(19)16-4-2;;;;;;;;;;;;;/h19,21-27,29-32H,2-18H2,1H3,(H,36,37)(H2,33,34,35);1H,4,16H2,2H3;13*1H/t19-,21-,22+,23?,24+,25?,26?;;;;;;;;;;;;;;/m1............../s1. The van der Waals surface area contributed by atoms with Gasteiger partial charge >= 0.3 is 21.6 Å². The number of hydrogen-bond acceptors (Lipinski definition) is 15. The van der Waals surface area contributed by atoms with Crippen LogP contribution in [-0.4, -0.2) is 114 Å². The van der Waals surface area contributed by atoms with Gasteiger partial charge in [-0.25, -0.2) is 9.13 Å². The molecule has 17 nitrogen and oxygen atoms in total. The van der Waals surface area contributed by atoms with Crippen LogP contribution in [0.1, 0.15) is 135 Å². The third kappa shape index (κ3) is 32.1. The van der Waals surface area contributed by atoms with Gasteiger partial charge in [-0.15, -0.1) is 6.42 Å². The number of phosphoric ester groups is 2. The number of unbranched alkanes of at least 4 members (excludes halogenated alkanes) is 12. The molecule has 0 aromatic carbocycles. The lowest BCUT2D eigenvalue weighted by molar-refractivity contribution is -0.216. The van der Waals surface area contributed by atoms with Gasteiger partial charge in [0, 0.05) is 43.1 Å². The predicted molar refractivity (Wildman–Crippen MR) is 265 cm³/mol. The molecule has 0 aromatic heterocycles. The number of carbonyl (C=O) groups is 2. The van der Waals surface area contributed by atoms with E-state index in [2.05, 4.69) is 87.7 Å². The van der Waals surface area contributed by atoms with Gasteiger partial charge in [0.15, 0.2) is 0 Å². The predicted octanol–water partition coefficient (Wildman–Crippen LogP) is 6.64. The highest BCUT2D eigenvalue weighted by Crippen LogP contribution is 2.49. The number of hydrogen-bond donors (Lipinski definition) is 8. The Balaban J connectivity index is -0.0000000875. The number of thioether (sulfide) groups is 1. The first-order valence-electron chi connectivity index (χ1n) is 20.7. The topological polar surface area (TPSA) is 276 Å². The molecule has 4 unspecified atom stereocenters. The third-order valence-electron chi connectivity index (χ3n) is 8.53. The van der Waals surface area contributed by atoms with Crippen LogP contribution < -0.4 is 0 Å². The molecule has 0 aromatic rings. The van der Waals surface area contributed by atoms with Crippen LogP contribution in [0, 0.1) is 82.7 Å². The van der Waals surface area contributed by atoms with Crippen molar-refractivity contribution >= 4 is 38.5 Å². The second-order valence-corrected chi connectivity index (χ2v) is 17.3. The fourth-order valence-corrected chi connectivity index (χ4v) is 7.53. The molecule has 0 spiro atoms. The molecule has 20 heteroatoms. The second kappa shape index (κ2) is 37.6. The second-order valence-electron chi connectivity index (χ2n) is 13.8. The summed E-state index contributed by atoms with van der Waals surface area (Å²) in [4.78, 5) is 51.5. The van der Waals surface area contributed by atoms with E-state index in [0.29, 0.717) is 12.8 Å². The SMILES string of the molecule is C#CC#CC#CC#CC#CC#CC#CSC(=O)CCC.CCCCCCCCCCCCCCCC(=O)O[C@H](COCO)COP(=O)(O)OC1C(O)[C@H](O)[C@H](O)C(OP(=O)(O)O)[C@@H]1O.[HH].[HH].[HH].[HH].[HH].[HH].[HH].[HH].[HH].[HH].[HH].[HH].[HH]. The fourth-order valence-electron chi connectivity index (χ4n) is 5.46. The molecule has 8 atom stereocenters. The maximum atomic E-state index is 12.5. The maximum absolute atomic E-state index is 12.5. The first-order valence-corrected chi connectivity index (χ1v) is 24.5. The van der Waals surface area contributed by atoms with E-state index < -0.39 is 84.3 Å². The Labute approximate surface area is 400 Å². The van der Waals surface area contributed by atoms with Gasteiger partial charge in [0.05, 0.1) is 13.2 Å². The number of rotatable bonds is 27. The Morgan fingerprint density at radius 1 is 0.625 bits per heavy atom. The van der Waals surface area contributed by atoms with Gasteiger partial charge in [-0.3, -0.25) is 23.2 Å². The normalized spacial score (nSPS) is 19.8. The maximum Gasteiger partial charge on any atom is 0.472 e. The van der Waals surface area contributed by atoms with Gasteiger partial charge in [0.25, 0.3) is 0 Å². The van der Waals surface area contributed by atoms with E-state index >= 15 is 0 Å². The summed E-state index contributed by atoms with van der Waals surface area (Å²) in [6.45, 7) is 2.19. The Morgan fingerprint density at radius 2 is 1.09 bits per heavy atom. The van der Waals surface area contributed by atoms with Gasteiger partial charge in [-0.2, -0.15) is 0 Å². The molecule has 8 N–H and O–H groups in total. The van der Waals surface area contributed by atoms with E-state index in [4.69, 9.17) is 39.8 Å². The molecule has 1 fully saturated rings. The Bertz CT molecular complexity index is 1960. The zero-order chi connectivity index (χ0) is 48.1. The lowest BCUT2D eigenvalue weighted by Gasteiger charge is -2.43. The summed E-state index contributed by atoms with van der Waals surface area (Å²) in [6, 6.07) is 0. The minimum absolute atomic E-state index is 0. The summed E-state index contributed by atoms with van der Waals surface area (Å²) >= 11 is 0.959. The molecule has 380 valence electrons. The number of ether oxygens (including phenoxy) is 2. The minimum Gasteiger partial charge on any atom is -0.457 e. The first-order chi connectivity index (χ1) is 30.5.